The Balaban J connectivity index is 1.99. The number of hydrogen-bond acceptors (Lipinski definition) is 2. The van der Waals surface area contributed by atoms with Gasteiger partial charge in [-0.05, 0) is 35.9 Å². The SMILES string of the molecule is COc1ccc(C(=S)NCc2ccccc2Cl)cc1. The summed E-state index contributed by atoms with van der Waals surface area (Å²) in [6, 6.07) is 15.4. The highest BCUT2D eigenvalue weighted by molar-refractivity contribution is 7.80. The minimum Gasteiger partial charge on any atom is -0.497 e. The van der Waals surface area contributed by atoms with Crippen LogP contribution in [-0.2, 0) is 6.54 Å². The number of benzene rings is 2. The molecule has 0 spiro atoms. The molecule has 98 valence electrons. The van der Waals surface area contributed by atoms with Gasteiger partial charge in [0.2, 0.25) is 0 Å². The predicted octanol–water partition coefficient (Wildman–Crippen LogP) is 3.81. The molecule has 0 amide bonds. The molecule has 0 radical (unpaired) electrons. The van der Waals surface area contributed by atoms with Crippen LogP contribution in [0.5, 0.6) is 5.75 Å². The minimum absolute atomic E-state index is 0.616. The van der Waals surface area contributed by atoms with Gasteiger partial charge in [0.15, 0.2) is 0 Å². The molecule has 0 heterocycles. The Kier molecular flexibility index (Phi) is 4.77. The average Bonchev–Trinajstić information content (AvgIpc) is 2.46. The van der Waals surface area contributed by atoms with Gasteiger partial charge in [-0.1, -0.05) is 42.0 Å². The smallest absolute Gasteiger partial charge is 0.118 e. The highest BCUT2D eigenvalue weighted by atomic mass is 35.5. The fraction of sp³-hybridized carbons (Fsp3) is 0.133. The van der Waals surface area contributed by atoms with Crippen molar-refractivity contribution < 1.29 is 4.74 Å². The molecule has 2 aromatic rings. The van der Waals surface area contributed by atoms with E-state index >= 15 is 0 Å². The molecule has 2 rings (SSSR count). The van der Waals surface area contributed by atoms with Gasteiger partial charge in [-0.25, -0.2) is 0 Å². The van der Waals surface area contributed by atoms with Crippen LogP contribution in [0.2, 0.25) is 5.02 Å². The van der Waals surface area contributed by atoms with Crippen LogP contribution in [0.1, 0.15) is 11.1 Å². The van der Waals surface area contributed by atoms with Crippen molar-refractivity contribution in [3.63, 3.8) is 0 Å². The summed E-state index contributed by atoms with van der Waals surface area (Å²) in [5, 5.41) is 3.94. The van der Waals surface area contributed by atoms with E-state index in [-0.39, 0.29) is 0 Å². The van der Waals surface area contributed by atoms with E-state index in [0.29, 0.717) is 11.5 Å². The van der Waals surface area contributed by atoms with Crippen LogP contribution in [0.25, 0.3) is 0 Å². The molecule has 4 heteroatoms. The van der Waals surface area contributed by atoms with Crippen molar-refractivity contribution in [1.82, 2.24) is 5.32 Å². The first kappa shape index (κ1) is 13.8. The van der Waals surface area contributed by atoms with Gasteiger partial charge in [-0.2, -0.15) is 0 Å². The normalized spacial score (nSPS) is 10.0. The van der Waals surface area contributed by atoms with Gasteiger partial charge >= 0.3 is 0 Å². The molecule has 0 unspecified atom stereocenters. The summed E-state index contributed by atoms with van der Waals surface area (Å²) in [7, 11) is 1.64. The van der Waals surface area contributed by atoms with E-state index in [1.165, 1.54) is 0 Å². The summed E-state index contributed by atoms with van der Waals surface area (Å²) in [5.41, 5.74) is 1.99. The molecule has 0 saturated heterocycles. The molecule has 0 aliphatic rings. The van der Waals surface area contributed by atoms with Crippen molar-refractivity contribution in [2.45, 2.75) is 6.54 Å². The van der Waals surface area contributed by atoms with Gasteiger partial charge in [0, 0.05) is 17.1 Å². The molecule has 0 aliphatic heterocycles. The number of halogens is 1. The van der Waals surface area contributed by atoms with E-state index in [4.69, 9.17) is 28.6 Å². The maximum absolute atomic E-state index is 6.09. The summed E-state index contributed by atoms with van der Waals surface area (Å²) in [4.78, 5) is 0.697. The van der Waals surface area contributed by atoms with Gasteiger partial charge in [0.1, 0.15) is 10.7 Å². The van der Waals surface area contributed by atoms with Crippen LogP contribution in [-0.4, -0.2) is 12.1 Å². The van der Waals surface area contributed by atoms with Crippen LogP contribution >= 0.6 is 23.8 Å². The molecule has 0 bridgehead atoms. The number of hydrogen-bond donors (Lipinski definition) is 1. The second kappa shape index (κ2) is 6.55. The largest absolute Gasteiger partial charge is 0.497 e. The van der Waals surface area contributed by atoms with Crippen molar-refractivity contribution in [3.8, 4) is 5.75 Å². The third kappa shape index (κ3) is 3.69. The van der Waals surface area contributed by atoms with E-state index in [2.05, 4.69) is 5.32 Å². The highest BCUT2D eigenvalue weighted by Gasteiger charge is 2.03. The zero-order chi connectivity index (χ0) is 13.7. The van der Waals surface area contributed by atoms with Crippen molar-refractivity contribution in [2.24, 2.45) is 0 Å². The fourth-order valence-corrected chi connectivity index (χ4v) is 2.07. The standard InChI is InChI=1S/C15H14ClNOS/c1-18-13-8-6-11(7-9-13)15(19)17-10-12-4-2-3-5-14(12)16/h2-9H,10H2,1H3,(H,17,19). The third-order valence-electron chi connectivity index (χ3n) is 2.75. The van der Waals surface area contributed by atoms with Crippen LogP contribution in [0.4, 0.5) is 0 Å². The second-order valence-corrected chi connectivity index (χ2v) is 4.82. The Morgan fingerprint density at radius 3 is 2.47 bits per heavy atom. The predicted molar refractivity (Wildman–Crippen MR) is 83.0 cm³/mol. The first-order valence-corrected chi connectivity index (χ1v) is 6.65. The monoisotopic (exact) mass is 291 g/mol. The molecule has 0 aromatic heterocycles. The number of thiocarbonyl (C=S) groups is 1. The van der Waals surface area contributed by atoms with Crippen molar-refractivity contribution in [3.05, 3.63) is 64.7 Å². The van der Waals surface area contributed by atoms with E-state index < -0.39 is 0 Å². The van der Waals surface area contributed by atoms with E-state index in [1.54, 1.807) is 7.11 Å². The van der Waals surface area contributed by atoms with Gasteiger partial charge in [-0.15, -0.1) is 0 Å². The summed E-state index contributed by atoms with van der Waals surface area (Å²) in [5.74, 6) is 0.817. The van der Waals surface area contributed by atoms with E-state index in [9.17, 15) is 0 Å². The zero-order valence-electron chi connectivity index (χ0n) is 10.5. The van der Waals surface area contributed by atoms with E-state index in [0.717, 1.165) is 21.9 Å². The molecule has 0 fully saturated rings. The number of ether oxygens (including phenoxy) is 1. The lowest BCUT2D eigenvalue weighted by molar-refractivity contribution is 0.415. The lowest BCUT2D eigenvalue weighted by Gasteiger charge is -2.10. The molecule has 19 heavy (non-hydrogen) atoms. The van der Waals surface area contributed by atoms with Crippen LogP contribution in [0.3, 0.4) is 0 Å². The first-order chi connectivity index (χ1) is 9.20. The number of methoxy groups -OCH3 is 1. The second-order valence-electron chi connectivity index (χ2n) is 4.00. The maximum atomic E-state index is 6.09. The van der Waals surface area contributed by atoms with Gasteiger partial charge in [0.25, 0.3) is 0 Å². The Morgan fingerprint density at radius 2 is 1.84 bits per heavy atom. The Hall–Kier alpha value is -1.58. The molecular formula is C15H14ClNOS. The Labute approximate surface area is 123 Å². The van der Waals surface area contributed by atoms with Gasteiger partial charge in [-0.3, -0.25) is 0 Å². The highest BCUT2D eigenvalue weighted by Crippen LogP contribution is 2.15. The Morgan fingerprint density at radius 1 is 1.16 bits per heavy atom. The van der Waals surface area contributed by atoms with E-state index in [1.807, 2.05) is 48.5 Å². The third-order valence-corrected chi connectivity index (χ3v) is 3.50. The Bertz CT molecular complexity index is 569. The summed E-state index contributed by atoms with van der Waals surface area (Å²) < 4.78 is 5.11. The van der Waals surface area contributed by atoms with Crippen molar-refractivity contribution in [2.75, 3.05) is 7.11 Å². The molecule has 2 nitrogen and oxygen atoms in total. The molecule has 0 atom stereocenters. The van der Waals surface area contributed by atoms with Gasteiger partial charge < -0.3 is 10.1 Å². The average molecular weight is 292 g/mol. The number of nitrogens with one attached hydrogen (secondary N) is 1. The zero-order valence-corrected chi connectivity index (χ0v) is 12.1. The summed E-state index contributed by atoms with van der Waals surface area (Å²) in [6.45, 7) is 0.616. The molecule has 1 N–H and O–H groups in total. The summed E-state index contributed by atoms with van der Waals surface area (Å²) >= 11 is 11.4. The molecule has 2 aromatic carbocycles. The van der Waals surface area contributed by atoms with Gasteiger partial charge in [0.05, 0.1) is 7.11 Å². The van der Waals surface area contributed by atoms with Crippen molar-refractivity contribution in [1.29, 1.82) is 0 Å². The topological polar surface area (TPSA) is 21.3 Å². The quantitative estimate of drug-likeness (QED) is 0.866. The minimum atomic E-state index is 0.616. The maximum Gasteiger partial charge on any atom is 0.118 e. The molecule has 0 saturated carbocycles. The number of rotatable bonds is 4. The lowest BCUT2D eigenvalue weighted by atomic mass is 10.2. The van der Waals surface area contributed by atoms with Crippen molar-refractivity contribution >= 4 is 28.8 Å². The fourth-order valence-electron chi connectivity index (χ4n) is 1.66. The lowest BCUT2D eigenvalue weighted by Crippen LogP contribution is -2.21. The molecule has 0 aliphatic carbocycles. The van der Waals surface area contributed by atoms with Crippen LogP contribution in [0, 0.1) is 0 Å². The molecular weight excluding hydrogens is 278 g/mol. The van der Waals surface area contributed by atoms with Crippen LogP contribution < -0.4 is 10.1 Å². The van der Waals surface area contributed by atoms with Crippen LogP contribution in [0.15, 0.2) is 48.5 Å². The summed E-state index contributed by atoms with van der Waals surface area (Å²) in [6.07, 6.45) is 0. The first-order valence-electron chi connectivity index (χ1n) is 5.86.